The van der Waals surface area contributed by atoms with Crippen LogP contribution in [0.25, 0.3) is 0 Å². The minimum Gasteiger partial charge on any atom is -0.493 e. The van der Waals surface area contributed by atoms with Gasteiger partial charge in [0, 0.05) is 17.2 Å². The zero-order valence-corrected chi connectivity index (χ0v) is 13.0. The van der Waals surface area contributed by atoms with Crippen LogP contribution in [0.2, 0.25) is 0 Å². The Kier molecular flexibility index (Phi) is 3.87. The van der Waals surface area contributed by atoms with Gasteiger partial charge in [-0.15, -0.1) is 0 Å². The molecule has 3 rings (SSSR count). The van der Waals surface area contributed by atoms with Crippen molar-refractivity contribution in [3.05, 3.63) is 59.7 Å². The van der Waals surface area contributed by atoms with E-state index in [1.54, 1.807) is 0 Å². The Hall–Kier alpha value is -1.96. The highest BCUT2D eigenvalue weighted by Gasteiger charge is 2.27. The lowest BCUT2D eigenvalue weighted by molar-refractivity contribution is 0.214. The van der Waals surface area contributed by atoms with E-state index in [0.717, 1.165) is 12.4 Å². The van der Waals surface area contributed by atoms with Gasteiger partial charge in [0.15, 0.2) is 0 Å². The van der Waals surface area contributed by atoms with Gasteiger partial charge in [-0.2, -0.15) is 0 Å². The molecule has 0 saturated heterocycles. The SMILES string of the molecule is CC(C)c1ccc(NC2c3ccccc3OCC2C)cc1. The van der Waals surface area contributed by atoms with Crippen LogP contribution in [0.15, 0.2) is 48.5 Å². The van der Waals surface area contributed by atoms with Crippen LogP contribution in [0.5, 0.6) is 5.75 Å². The first-order chi connectivity index (χ1) is 10.1. The van der Waals surface area contributed by atoms with Crippen LogP contribution >= 0.6 is 0 Å². The van der Waals surface area contributed by atoms with Crippen LogP contribution in [0.1, 0.15) is 43.9 Å². The molecule has 0 aliphatic carbocycles. The summed E-state index contributed by atoms with van der Waals surface area (Å²) in [4.78, 5) is 0. The molecular formula is C19H23NO. The standard InChI is InChI=1S/C19H23NO/c1-13(2)15-8-10-16(11-9-15)20-19-14(3)12-21-18-7-5-4-6-17(18)19/h4-11,13-14,19-20H,12H2,1-3H3. The summed E-state index contributed by atoms with van der Waals surface area (Å²) in [5.74, 6) is 2.03. The van der Waals surface area contributed by atoms with E-state index in [1.807, 2.05) is 6.07 Å². The Balaban J connectivity index is 1.83. The molecule has 0 aromatic heterocycles. The molecular weight excluding hydrogens is 258 g/mol. The molecule has 1 aliphatic rings. The van der Waals surface area contributed by atoms with Crippen molar-refractivity contribution in [2.75, 3.05) is 11.9 Å². The molecule has 1 heterocycles. The third-order valence-electron chi connectivity index (χ3n) is 4.22. The summed E-state index contributed by atoms with van der Waals surface area (Å²) < 4.78 is 5.81. The summed E-state index contributed by atoms with van der Waals surface area (Å²) in [6, 6.07) is 17.4. The number of anilines is 1. The molecule has 110 valence electrons. The molecule has 21 heavy (non-hydrogen) atoms. The first-order valence-electron chi connectivity index (χ1n) is 7.73. The molecule has 2 atom stereocenters. The van der Waals surface area contributed by atoms with E-state index in [2.05, 4.69) is 68.6 Å². The van der Waals surface area contributed by atoms with E-state index in [1.165, 1.54) is 16.8 Å². The molecule has 2 aromatic carbocycles. The molecule has 2 nitrogen and oxygen atoms in total. The minimum atomic E-state index is 0.305. The molecule has 1 aliphatic heterocycles. The fourth-order valence-electron chi connectivity index (χ4n) is 2.86. The Morgan fingerprint density at radius 3 is 2.48 bits per heavy atom. The van der Waals surface area contributed by atoms with Gasteiger partial charge in [0.2, 0.25) is 0 Å². The number of benzene rings is 2. The highest BCUT2D eigenvalue weighted by atomic mass is 16.5. The Labute approximate surface area is 127 Å². The summed E-state index contributed by atoms with van der Waals surface area (Å²) in [5.41, 5.74) is 3.80. The molecule has 2 heteroatoms. The second-order valence-corrected chi connectivity index (χ2v) is 6.22. The predicted octanol–water partition coefficient (Wildman–Crippen LogP) is 4.99. The van der Waals surface area contributed by atoms with Gasteiger partial charge in [-0.05, 0) is 29.7 Å². The van der Waals surface area contributed by atoms with Gasteiger partial charge >= 0.3 is 0 Å². The molecule has 2 aromatic rings. The van der Waals surface area contributed by atoms with Gasteiger partial charge in [-0.3, -0.25) is 0 Å². The van der Waals surface area contributed by atoms with Gasteiger partial charge in [0.25, 0.3) is 0 Å². The van der Waals surface area contributed by atoms with Crippen LogP contribution in [-0.2, 0) is 0 Å². The molecule has 0 bridgehead atoms. The second-order valence-electron chi connectivity index (χ2n) is 6.22. The number of para-hydroxylation sites is 1. The zero-order valence-electron chi connectivity index (χ0n) is 13.0. The van der Waals surface area contributed by atoms with Crippen molar-refractivity contribution in [2.24, 2.45) is 5.92 Å². The predicted molar refractivity (Wildman–Crippen MR) is 88.0 cm³/mol. The van der Waals surface area contributed by atoms with Crippen LogP contribution in [-0.4, -0.2) is 6.61 Å². The van der Waals surface area contributed by atoms with E-state index >= 15 is 0 Å². The van der Waals surface area contributed by atoms with Crippen molar-refractivity contribution >= 4 is 5.69 Å². The first kappa shape index (κ1) is 14.0. The van der Waals surface area contributed by atoms with Gasteiger partial charge in [-0.25, -0.2) is 0 Å². The molecule has 1 N–H and O–H groups in total. The van der Waals surface area contributed by atoms with E-state index in [4.69, 9.17) is 4.74 Å². The van der Waals surface area contributed by atoms with E-state index in [-0.39, 0.29) is 0 Å². The number of hydrogen-bond acceptors (Lipinski definition) is 2. The first-order valence-corrected chi connectivity index (χ1v) is 7.73. The maximum Gasteiger partial charge on any atom is 0.124 e. The summed E-state index contributed by atoms with van der Waals surface area (Å²) in [6.07, 6.45) is 0. The third-order valence-corrected chi connectivity index (χ3v) is 4.22. The van der Waals surface area contributed by atoms with Gasteiger partial charge in [0.1, 0.15) is 5.75 Å². The number of ether oxygens (including phenoxy) is 1. The fraction of sp³-hybridized carbons (Fsp3) is 0.368. The van der Waals surface area contributed by atoms with Crippen LogP contribution in [0, 0.1) is 5.92 Å². The highest BCUT2D eigenvalue weighted by Crippen LogP contribution is 2.37. The Morgan fingerprint density at radius 1 is 1.05 bits per heavy atom. The molecule has 0 spiro atoms. The van der Waals surface area contributed by atoms with Gasteiger partial charge in [-0.1, -0.05) is 51.1 Å². The van der Waals surface area contributed by atoms with Gasteiger partial charge < -0.3 is 10.1 Å². The molecule has 0 radical (unpaired) electrons. The fourth-order valence-corrected chi connectivity index (χ4v) is 2.86. The minimum absolute atomic E-state index is 0.305. The molecule has 0 saturated carbocycles. The Morgan fingerprint density at radius 2 is 1.76 bits per heavy atom. The van der Waals surface area contributed by atoms with Crippen LogP contribution in [0.3, 0.4) is 0 Å². The quantitative estimate of drug-likeness (QED) is 0.855. The lowest BCUT2D eigenvalue weighted by Crippen LogP contribution is -2.28. The van der Waals surface area contributed by atoms with Crippen molar-refractivity contribution in [1.82, 2.24) is 0 Å². The number of hydrogen-bond donors (Lipinski definition) is 1. The van der Waals surface area contributed by atoms with Crippen LogP contribution in [0.4, 0.5) is 5.69 Å². The zero-order chi connectivity index (χ0) is 14.8. The highest BCUT2D eigenvalue weighted by molar-refractivity contribution is 5.50. The number of rotatable bonds is 3. The second kappa shape index (κ2) is 5.80. The summed E-state index contributed by atoms with van der Waals surface area (Å²) in [6.45, 7) is 7.44. The lowest BCUT2D eigenvalue weighted by atomic mass is 9.91. The third kappa shape index (κ3) is 2.90. The van der Waals surface area contributed by atoms with E-state index in [9.17, 15) is 0 Å². The average Bonchev–Trinajstić information content (AvgIpc) is 2.51. The molecule has 2 unspecified atom stereocenters. The molecule has 0 amide bonds. The van der Waals surface area contributed by atoms with Crippen molar-refractivity contribution in [3.63, 3.8) is 0 Å². The summed E-state index contributed by atoms with van der Waals surface area (Å²) in [5, 5.41) is 3.67. The number of fused-ring (bicyclic) bond motifs is 1. The van der Waals surface area contributed by atoms with Crippen LogP contribution < -0.4 is 10.1 Å². The normalized spacial score (nSPS) is 20.8. The smallest absolute Gasteiger partial charge is 0.124 e. The maximum absolute atomic E-state index is 5.81. The monoisotopic (exact) mass is 281 g/mol. The average molecular weight is 281 g/mol. The maximum atomic E-state index is 5.81. The summed E-state index contributed by atoms with van der Waals surface area (Å²) >= 11 is 0. The van der Waals surface area contributed by atoms with Crippen molar-refractivity contribution in [2.45, 2.75) is 32.7 Å². The lowest BCUT2D eigenvalue weighted by Gasteiger charge is -2.32. The van der Waals surface area contributed by atoms with Crippen molar-refractivity contribution < 1.29 is 4.74 Å². The number of nitrogens with one attached hydrogen (secondary N) is 1. The Bertz CT molecular complexity index is 603. The molecule has 0 fully saturated rings. The van der Waals surface area contributed by atoms with Gasteiger partial charge in [0.05, 0.1) is 12.6 Å². The topological polar surface area (TPSA) is 21.3 Å². The van der Waals surface area contributed by atoms with Crippen molar-refractivity contribution in [1.29, 1.82) is 0 Å². The van der Waals surface area contributed by atoms with E-state index < -0.39 is 0 Å². The van der Waals surface area contributed by atoms with E-state index in [0.29, 0.717) is 17.9 Å². The largest absolute Gasteiger partial charge is 0.493 e. The summed E-state index contributed by atoms with van der Waals surface area (Å²) in [7, 11) is 0. The van der Waals surface area contributed by atoms with Crippen molar-refractivity contribution in [3.8, 4) is 5.75 Å².